The lowest BCUT2D eigenvalue weighted by Crippen LogP contribution is -2.28. The normalized spacial score (nSPS) is 10.5. The first-order chi connectivity index (χ1) is 10.2. The van der Waals surface area contributed by atoms with Gasteiger partial charge in [0, 0.05) is 17.8 Å². The fourth-order valence-corrected chi connectivity index (χ4v) is 1.61. The quantitative estimate of drug-likeness (QED) is 0.661. The van der Waals surface area contributed by atoms with Crippen LogP contribution >= 0.6 is 0 Å². The number of carbonyl (C=O) groups is 2. The van der Waals surface area contributed by atoms with Crippen molar-refractivity contribution in [1.82, 2.24) is 15.1 Å². The molecule has 0 aliphatic heterocycles. The Morgan fingerprint density at radius 2 is 2.10 bits per heavy atom. The highest BCUT2D eigenvalue weighted by Crippen LogP contribution is 2.08. The van der Waals surface area contributed by atoms with Crippen LogP contribution in [0.15, 0.2) is 48.8 Å². The molecule has 0 saturated heterocycles. The van der Waals surface area contributed by atoms with Crippen molar-refractivity contribution in [1.29, 1.82) is 0 Å². The van der Waals surface area contributed by atoms with Crippen LogP contribution < -0.4 is 5.32 Å². The van der Waals surface area contributed by atoms with Gasteiger partial charge < -0.3 is 10.1 Å². The molecule has 21 heavy (non-hydrogen) atoms. The number of amides is 1. The first kappa shape index (κ1) is 14.5. The average Bonchev–Trinajstić information content (AvgIpc) is 3.00. The van der Waals surface area contributed by atoms with Crippen molar-refractivity contribution < 1.29 is 14.3 Å². The molecule has 0 spiro atoms. The topological polar surface area (TPSA) is 73.2 Å². The molecule has 1 N–H and O–H groups in total. The Bertz CT molecular complexity index is 647. The van der Waals surface area contributed by atoms with Crippen molar-refractivity contribution >= 4 is 18.0 Å². The van der Waals surface area contributed by atoms with Crippen molar-refractivity contribution in [3.05, 3.63) is 54.4 Å². The highest BCUT2D eigenvalue weighted by Gasteiger charge is 2.02. The van der Waals surface area contributed by atoms with Gasteiger partial charge in [0.2, 0.25) is 5.91 Å². The summed E-state index contributed by atoms with van der Waals surface area (Å²) in [5.74, 6) is -0.860. The second kappa shape index (κ2) is 7.04. The first-order valence-electron chi connectivity index (χ1n) is 6.32. The molecule has 0 aliphatic carbocycles. The van der Waals surface area contributed by atoms with Gasteiger partial charge >= 0.3 is 5.97 Å². The van der Waals surface area contributed by atoms with E-state index in [1.807, 2.05) is 30.3 Å². The molecule has 6 heteroatoms. The van der Waals surface area contributed by atoms with E-state index in [1.165, 1.54) is 13.2 Å². The highest BCUT2D eigenvalue weighted by atomic mass is 16.5. The number of nitrogens with zero attached hydrogens (tertiary/aromatic N) is 2. The minimum Gasteiger partial charge on any atom is -0.468 e. The molecule has 0 fully saturated rings. The minimum absolute atomic E-state index is 0.150. The van der Waals surface area contributed by atoms with E-state index in [1.54, 1.807) is 23.2 Å². The fraction of sp³-hybridized carbons (Fsp3) is 0.133. The Morgan fingerprint density at radius 1 is 1.33 bits per heavy atom. The van der Waals surface area contributed by atoms with Gasteiger partial charge in [-0.15, -0.1) is 0 Å². The van der Waals surface area contributed by atoms with E-state index in [9.17, 15) is 9.59 Å². The van der Waals surface area contributed by atoms with Gasteiger partial charge in [-0.1, -0.05) is 18.2 Å². The number of hydrogen-bond acceptors (Lipinski definition) is 4. The number of rotatable bonds is 5. The SMILES string of the molecule is COC(=O)CNC(=O)/C=C/c1cnn(-c2ccccc2)c1. The Morgan fingerprint density at radius 3 is 2.81 bits per heavy atom. The standard InChI is InChI=1S/C15H15N3O3/c1-21-15(20)10-16-14(19)8-7-12-9-17-18(11-12)13-5-3-2-4-6-13/h2-9,11H,10H2,1H3,(H,16,19)/b8-7+. The average molecular weight is 285 g/mol. The zero-order chi connectivity index (χ0) is 15.1. The lowest BCUT2D eigenvalue weighted by molar-refractivity contribution is -0.140. The molecule has 0 aliphatic rings. The molecule has 2 rings (SSSR count). The largest absolute Gasteiger partial charge is 0.468 e. The van der Waals surface area contributed by atoms with Gasteiger partial charge in [0.05, 0.1) is 19.0 Å². The molecule has 1 aromatic heterocycles. The summed E-state index contributed by atoms with van der Waals surface area (Å²) in [6, 6.07) is 9.64. The summed E-state index contributed by atoms with van der Waals surface area (Å²) in [6.45, 7) is -0.150. The van der Waals surface area contributed by atoms with Crippen LogP contribution in [0.25, 0.3) is 11.8 Å². The Hall–Kier alpha value is -2.89. The molecule has 1 aromatic carbocycles. The van der Waals surface area contributed by atoms with Crippen LogP contribution in [0.1, 0.15) is 5.56 Å². The summed E-state index contributed by atoms with van der Waals surface area (Å²) >= 11 is 0. The molecule has 6 nitrogen and oxygen atoms in total. The van der Waals surface area contributed by atoms with Gasteiger partial charge in [0.25, 0.3) is 0 Å². The highest BCUT2D eigenvalue weighted by molar-refractivity contribution is 5.93. The van der Waals surface area contributed by atoms with Crippen LogP contribution in [0.3, 0.4) is 0 Å². The molecule has 108 valence electrons. The van der Waals surface area contributed by atoms with Crippen molar-refractivity contribution in [2.24, 2.45) is 0 Å². The molecule has 2 aromatic rings. The van der Waals surface area contributed by atoms with Crippen molar-refractivity contribution in [3.63, 3.8) is 0 Å². The molecule has 1 heterocycles. The van der Waals surface area contributed by atoms with Crippen molar-refractivity contribution in [2.75, 3.05) is 13.7 Å². The number of hydrogen-bond donors (Lipinski definition) is 1. The predicted molar refractivity (Wildman–Crippen MR) is 77.6 cm³/mol. The number of nitrogens with one attached hydrogen (secondary N) is 1. The monoisotopic (exact) mass is 285 g/mol. The van der Waals surface area contributed by atoms with E-state index in [0.29, 0.717) is 0 Å². The van der Waals surface area contributed by atoms with Gasteiger partial charge in [0.15, 0.2) is 0 Å². The zero-order valence-electron chi connectivity index (χ0n) is 11.5. The van der Waals surface area contributed by atoms with Gasteiger partial charge in [-0.2, -0.15) is 5.10 Å². The fourth-order valence-electron chi connectivity index (χ4n) is 1.61. The number of esters is 1. The third-order valence-electron chi connectivity index (χ3n) is 2.69. The van der Waals surface area contributed by atoms with Crippen LogP contribution in [0.5, 0.6) is 0 Å². The molecule has 0 bridgehead atoms. The maximum absolute atomic E-state index is 11.5. The molecule has 0 saturated carbocycles. The van der Waals surface area contributed by atoms with Crippen LogP contribution in [0, 0.1) is 0 Å². The second-order valence-corrected chi connectivity index (χ2v) is 4.18. The number of para-hydroxylation sites is 1. The summed E-state index contributed by atoms with van der Waals surface area (Å²) in [5, 5.41) is 6.63. The summed E-state index contributed by atoms with van der Waals surface area (Å²) in [7, 11) is 1.27. The van der Waals surface area contributed by atoms with E-state index in [4.69, 9.17) is 0 Å². The summed E-state index contributed by atoms with van der Waals surface area (Å²) < 4.78 is 6.14. The van der Waals surface area contributed by atoms with Crippen molar-refractivity contribution in [3.8, 4) is 5.69 Å². The van der Waals surface area contributed by atoms with E-state index < -0.39 is 5.97 Å². The summed E-state index contributed by atoms with van der Waals surface area (Å²) in [4.78, 5) is 22.4. The van der Waals surface area contributed by atoms with Crippen LogP contribution in [-0.2, 0) is 14.3 Å². The maximum Gasteiger partial charge on any atom is 0.325 e. The predicted octanol–water partition coefficient (Wildman–Crippen LogP) is 1.17. The van der Waals surface area contributed by atoms with Gasteiger partial charge in [-0.25, -0.2) is 4.68 Å². The smallest absolute Gasteiger partial charge is 0.325 e. The van der Waals surface area contributed by atoms with Crippen LogP contribution in [0.4, 0.5) is 0 Å². The molecule has 0 radical (unpaired) electrons. The van der Waals surface area contributed by atoms with E-state index in [-0.39, 0.29) is 12.5 Å². The van der Waals surface area contributed by atoms with E-state index >= 15 is 0 Å². The van der Waals surface area contributed by atoms with Gasteiger partial charge in [-0.05, 0) is 18.2 Å². The third kappa shape index (κ3) is 4.31. The van der Waals surface area contributed by atoms with E-state index in [2.05, 4.69) is 15.2 Å². The molecule has 1 amide bonds. The van der Waals surface area contributed by atoms with Crippen LogP contribution in [-0.4, -0.2) is 35.3 Å². The number of methoxy groups -OCH3 is 1. The third-order valence-corrected chi connectivity index (χ3v) is 2.69. The maximum atomic E-state index is 11.5. The number of carbonyl (C=O) groups excluding carboxylic acids is 2. The molecular formula is C15H15N3O3. The first-order valence-corrected chi connectivity index (χ1v) is 6.32. The van der Waals surface area contributed by atoms with Crippen molar-refractivity contribution in [2.45, 2.75) is 0 Å². The van der Waals surface area contributed by atoms with Gasteiger partial charge in [-0.3, -0.25) is 9.59 Å². The zero-order valence-corrected chi connectivity index (χ0v) is 11.5. The van der Waals surface area contributed by atoms with E-state index in [0.717, 1.165) is 11.3 Å². The molecular weight excluding hydrogens is 270 g/mol. The summed E-state index contributed by atoms with van der Waals surface area (Å²) in [5.41, 5.74) is 1.72. The van der Waals surface area contributed by atoms with Gasteiger partial charge in [0.1, 0.15) is 6.54 Å². The Labute approximate surface area is 122 Å². The second-order valence-electron chi connectivity index (χ2n) is 4.18. The number of aromatic nitrogens is 2. The number of ether oxygens (including phenoxy) is 1. The minimum atomic E-state index is -0.492. The Balaban J connectivity index is 1.95. The molecule has 0 atom stereocenters. The van der Waals surface area contributed by atoms with Crippen LogP contribution in [0.2, 0.25) is 0 Å². The molecule has 0 unspecified atom stereocenters. The number of benzene rings is 1. The summed E-state index contributed by atoms with van der Waals surface area (Å²) in [6.07, 6.45) is 6.42. The lowest BCUT2D eigenvalue weighted by atomic mass is 10.3. The Kier molecular flexibility index (Phi) is 4.87. The lowest BCUT2D eigenvalue weighted by Gasteiger charge is -1.99.